The number of carbonyl (C=O) groups excluding carboxylic acids is 1. The van der Waals surface area contributed by atoms with Crippen molar-refractivity contribution in [2.75, 3.05) is 25.1 Å². The molecule has 1 N–H and O–H groups in total. The summed E-state index contributed by atoms with van der Waals surface area (Å²) >= 11 is 1.49. The van der Waals surface area contributed by atoms with E-state index in [1.165, 1.54) is 11.3 Å². The molecule has 180 valence electrons. The fraction of sp³-hybridized carbons (Fsp3) is 0.148. The number of anilines is 1. The lowest BCUT2D eigenvalue weighted by molar-refractivity contribution is -0.118. The van der Waals surface area contributed by atoms with Crippen LogP contribution in [0.5, 0.6) is 17.2 Å². The maximum absolute atomic E-state index is 11.8. The molecule has 8 nitrogen and oxygen atoms in total. The average molecular weight is 499 g/mol. The van der Waals surface area contributed by atoms with Gasteiger partial charge in [-0.25, -0.2) is 9.67 Å². The molecule has 0 aliphatic carbocycles. The fourth-order valence-corrected chi connectivity index (χ4v) is 4.86. The summed E-state index contributed by atoms with van der Waals surface area (Å²) in [7, 11) is 0. The van der Waals surface area contributed by atoms with Crippen molar-refractivity contribution in [3.63, 3.8) is 0 Å². The molecule has 3 aromatic carbocycles. The molecular formula is C27H22N4O4S. The number of ether oxygens (including phenoxy) is 3. The number of hydrogen-bond acceptors (Lipinski definition) is 7. The number of aryl methyl sites for hydroxylation is 1. The maximum atomic E-state index is 11.8. The third-order valence-corrected chi connectivity index (χ3v) is 6.52. The first-order valence-corrected chi connectivity index (χ1v) is 12.3. The Bertz CT molecular complexity index is 1570. The van der Waals surface area contributed by atoms with Crippen LogP contribution >= 0.6 is 11.3 Å². The first-order valence-electron chi connectivity index (χ1n) is 11.5. The van der Waals surface area contributed by atoms with Gasteiger partial charge in [0.25, 0.3) is 5.91 Å². The summed E-state index contributed by atoms with van der Waals surface area (Å²) in [6.45, 7) is 3.13. The van der Waals surface area contributed by atoms with Crippen molar-refractivity contribution in [3.05, 3.63) is 82.0 Å². The molecule has 1 aromatic heterocycles. The van der Waals surface area contributed by atoms with Crippen LogP contribution in [0.1, 0.15) is 11.1 Å². The van der Waals surface area contributed by atoms with Crippen LogP contribution in [-0.2, 0) is 4.79 Å². The van der Waals surface area contributed by atoms with Gasteiger partial charge < -0.3 is 19.5 Å². The van der Waals surface area contributed by atoms with Crippen LogP contribution in [0.3, 0.4) is 0 Å². The average Bonchev–Trinajstić information content (AvgIpc) is 3.29. The van der Waals surface area contributed by atoms with Gasteiger partial charge >= 0.3 is 0 Å². The van der Waals surface area contributed by atoms with Crippen molar-refractivity contribution >= 4 is 34.8 Å². The third-order valence-electron chi connectivity index (χ3n) is 5.71. The van der Waals surface area contributed by atoms with Gasteiger partial charge in [0.2, 0.25) is 4.80 Å². The van der Waals surface area contributed by atoms with Crippen molar-refractivity contribution < 1.29 is 19.0 Å². The highest BCUT2D eigenvalue weighted by Gasteiger charge is 2.18. The Morgan fingerprint density at radius 1 is 0.972 bits per heavy atom. The van der Waals surface area contributed by atoms with E-state index in [0.717, 1.165) is 33.8 Å². The summed E-state index contributed by atoms with van der Waals surface area (Å²) in [6.07, 6.45) is 1.77. The summed E-state index contributed by atoms with van der Waals surface area (Å²) in [5.41, 5.74) is 5.19. The lowest BCUT2D eigenvalue weighted by atomic mass is 10.1. The second-order valence-electron chi connectivity index (χ2n) is 8.36. The molecule has 0 atom stereocenters. The van der Waals surface area contributed by atoms with Gasteiger partial charge in [0.15, 0.2) is 18.1 Å². The van der Waals surface area contributed by atoms with Gasteiger partial charge in [-0.15, -0.1) is 11.3 Å². The monoisotopic (exact) mass is 498 g/mol. The molecule has 2 aliphatic rings. The summed E-state index contributed by atoms with van der Waals surface area (Å²) in [4.78, 5) is 17.4. The first-order chi connectivity index (χ1) is 17.6. The molecule has 0 spiro atoms. The Hall–Kier alpha value is -4.37. The number of thiazole rings is 1. The molecule has 9 heteroatoms. The first kappa shape index (κ1) is 22.1. The van der Waals surface area contributed by atoms with Crippen LogP contribution in [0.25, 0.3) is 11.3 Å². The second kappa shape index (κ2) is 9.35. The van der Waals surface area contributed by atoms with Crippen LogP contribution < -0.4 is 24.3 Å². The van der Waals surface area contributed by atoms with Crippen LogP contribution in [0, 0.1) is 6.92 Å². The number of fused-ring (bicyclic) bond motifs is 2. The molecule has 3 heterocycles. The minimum absolute atomic E-state index is 0.0180. The number of hydrogen-bond donors (Lipinski definition) is 1. The van der Waals surface area contributed by atoms with E-state index in [2.05, 4.69) is 5.32 Å². The van der Waals surface area contributed by atoms with Gasteiger partial charge in [-0.3, -0.25) is 4.79 Å². The Morgan fingerprint density at radius 3 is 2.72 bits per heavy atom. The van der Waals surface area contributed by atoms with E-state index in [-0.39, 0.29) is 12.5 Å². The lowest BCUT2D eigenvalue weighted by Gasteiger charge is -2.18. The molecule has 36 heavy (non-hydrogen) atoms. The van der Waals surface area contributed by atoms with Crippen LogP contribution in [0.15, 0.2) is 76.1 Å². The molecule has 0 radical (unpaired) electrons. The zero-order valence-electron chi connectivity index (χ0n) is 19.4. The van der Waals surface area contributed by atoms with E-state index in [1.54, 1.807) is 10.9 Å². The molecule has 0 saturated heterocycles. The van der Waals surface area contributed by atoms with Crippen molar-refractivity contribution in [2.24, 2.45) is 10.1 Å². The largest absolute Gasteiger partial charge is 0.486 e. The van der Waals surface area contributed by atoms with Gasteiger partial charge in [-0.2, -0.15) is 5.10 Å². The van der Waals surface area contributed by atoms with Crippen molar-refractivity contribution in [1.82, 2.24) is 4.68 Å². The predicted molar refractivity (Wildman–Crippen MR) is 139 cm³/mol. The topological polar surface area (TPSA) is 86.4 Å². The normalized spacial score (nSPS) is 14.9. The Balaban J connectivity index is 1.44. The van der Waals surface area contributed by atoms with Gasteiger partial charge in [-0.1, -0.05) is 12.1 Å². The molecule has 0 fully saturated rings. The van der Waals surface area contributed by atoms with E-state index >= 15 is 0 Å². The van der Waals surface area contributed by atoms with E-state index in [9.17, 15) is 4.79 Å². The minimum atomic E-state index is -0.176. The highest BCUT2D eigenvalue weighted by molar-refractivity contribution is 7.07. The lowest BCUT2D eigenvalue weighted by Crippen LogP contribution is -2.25. The summed E-state index contributed by atoms with van der Waals surface area (Å²) < 4.78 is 18.7. The molecule has 0 saturated carbocycles. The number of nitrogens with one attached hydrogen (secondary N) is 1. The standard InChI is InChI=1S/C27H22N4O4S/c1-17-3-2-4-20(11-17)29-27-31(28-14-18-5-7-24-25(12-18)34-10-9-33-24)22(16-36-27)19-6-8-23-21(13-19)30-26(32)15-35-23/h2-8,11-14,16H,9-10,15H2,1H3,(H,30,32). The van der Waals surface area contributed by atoms with Crippen LogP contribution in [-0.4, -0.2) is 36.6 Å². The van der Waals surface area contributed by atoms with E-state index in [4.69, 9.17) is 24.3 Å². The van der Waals surface area contributed by atoms with E-state index < -0.39 is 0 Å². The Labute approximate surface area is 211 Å². The second-order valence-corrected chi connectivity index (χ2v) is 9.20. The number of benzene rings is 3. The van der Waals surface area contributed by atoms with Gasteiger partial charge in [0.05, 0.1) is 23.3 Å². The highest BCUT2D eigenvalue weighted by Crippen LogP contribution is 2.33. The van der Waals surface area contributed by atoms with Gasteiger partial charge in [-0.05, 0) is 66.6 Å². The van der Waals surface area contributed by atoms with Gasteiger partial charge in [0.1, 0.15) is 19.0 Å². The molecule has 0 unspecified atom stereocenters. The molecule has 4 aromatic rings. The zero-order chi connectivity index (χ0) is 24.5. The summed E-state index contributed by atoms with van der Waals surface area (Å²) in [5.74, 6) is 1.90. The van der Waals surface area contributed by atoms with E-state index in [1.807, 2.05) is 73.0 Å². The summed E-state index contributed by atoms with van der Waals surface area (Å²) in [5, 5.41) is 9.68. The molecule has 2 aliphatic heterocycles. The SMILES string of the molecule is Cc1cccc(N=c2scc(-c3ccc4c(c3)NC(=O)CO4)n2N=Cc2ccc3c(c2)OCCO3)c1. The van der Waals surface area contributed by atoms with E-state index in [0.29, 0.717) is 35.2 Å². The molecule has 1 amide bonds. The Morgan fingerprint density at radius 2 is 1.83 bits per heavy atom. The molecule has 0 bridgehead atoms. The zero-order valence-corrected chi connectivity index (χ0v) is 20.2. The van der Waals surface area contributed by atoms with Crippen LogP contribution in [0.4, 0.5) is 11.4 Å². The minimum Gasteiger partial charge on any atom is -0.486 e. The van der Waals surface area contributed by atoms with Crippen molar-refractivity contribution in [1.29, 1.82) is 0 Å². The predicted octanol–water partition coefficient (Wildman–Crippen LogP) is 4.74. The Kier molecular flexibility index (Phi) is 5.74. The number of carbonyl (C=O) groups is 1. The maximum Gasteiger partial charge on any atom is 0.262 e. The number of amides is 1. The molecule has 6 rings (SSSR count). The van der Waals surface area contributed by atoms with Crippen molar-refractivity contribution in [3.8, 4) is 28.5 Å². The highest BCUT2D eigenvalue weighted by atomic mass is 32.1. The number of nitrogens with zero attached hydrogens (tertiary/aromatic N) is 3. The number of aromatic nitrogens is 1. The third kappa shape index (κ3) is 4.48. The van der Waals surface area contributed by atoms with Crippen molar-refractivity contribution in [2.45, 2.75) is 6.92 Å². The number of rotatable bonds is 4. The summed E-state index contributed by atoms with van der Waals surface area (Å²) in [6, 6.07) is 19.4. The molecular weight excluding hydrogens is 476 g/mol. The quantitative estimate of drug-likeness (QED) is 0.412. The van der Waals surface area contributed by atoms with Crippen LogP contribution in [0.2, 0.25) is 0 Å². The smallest absolute Gasteiger partial charge is 0.262 e. The van der Waals surface area contributed by atoms with Gasteiger partial charge in [0, 0.05) is 10.9 Å². The fourth-order valence-electron chi connectivity index (χ4n) is 4.00.